The number of ether oxygens (including phenoxy) is 2. The fourth-order valence-electron chi connectivity index (χ4n) is 3.41. The number of aromatic hydroxyl groups is 3. The lowest BCUT2D eigenvalue weighted by atomic mass is 9.96. The topological polar surface area (TPSA) is 170 Å². The van der Waals surface area contributed by atoms with Crippen molar-refractivity contribution in [2.24, 2.45) is 5.92 Å². The van der Waals surface area contributed by atoms with Gasteiger partial charge in [0.25, 0.3) is 0 Å². The van der Waals surface area contributed by atoms with E-state index in [1.54, 1.807) is 0 Å². The molecule has 2 heterocycles. The molecule has 10 nitrogen and oxygen atoms in total. The molecule has 1 aliphatic heterocycles. The Balaban J connectivity index is 1.86. The first kappa shape index (κ1) is 20.9. The Morgan fingerprint density at radius 3 is 2.39 bits per heavy atom. The number of aliphatic hydroxyl groups is 3. The molecule has 164 valence electrons. The van der Waals surface area contributed by atoms with E-state index in [2.05, 4.69) is 0 Å². The number of aliphatic hydroxyl groups excluding tert-OH is 3. The number of rotatable bonds is 4. The molecule has 0 saturated carbocycles. The van der Waals surface area contributed by atoms with Crippen molar-refractivity contribution in [1.29, 1.82) is 0 Å². The van der Waals surface area contributed by atoms with Crippen molar-refractivity contribution in [2.75, 3.05) is 13.2 Å². The molecule has 1 aromatic heterocycles. The molecule has 1 saturated heterocycles. The smallest absolute Gasteiger partial charge is 0.239 e. The molecular weight excluding hydrogens is 412 g/mol. The van der Waals surface area contributed by atoms with Crippen molar-refractivity contribution in [1.82, 2.24) is 0 Å². The van der Waals surface area contributed by atoms with Crippen LogP contribution in [0.25, 0.3) is 22.3 Å². The van der Waals surface area contributed by atoms with Gasteiger partial charge in [-0.25, -0.2) is 0 Å². The molecule has 10 heteroatoms. The number of hydrogen-bond donors (Lipinski definition) is 6. The fourth-order valence-corrected chi connectivity index (χ4v) is 3.41. The van der Waals surface area contributed by atoms with E-state index in [0.29, 0.717) is 5.56 Å². The number of phenolic OH excluding ortho intramolecular Hbond substituents is 3. The van der Waals surface area contributed by atoms with Crippen LogP contribution in [-0.4, -0.2) is 62.4 Å². The Bertz CT molecular complexity index is 1150. The van der Waals surface area contributed by atoms with E-state index in [4.69, 9.17) is 13.9 Å². The molecule has 1 fully saturated rings. The Kier molecular flexibility index (Phi) is 5.46. The second-order valence-corrected chi connectivity index (χ2v) is 7.22. The summed E-state index contributed by atoms with van der Waals surface area (Å²) in [4.78, 5) is 13.2. The normalized spacial score (nSPS) is 23.7. The molecule has 4 atom stereocenters. The summed E-state index contributed by atoms with van der Waals surface area (Å²) in [5.74, 6) is -2.17. The highest BCUT2D eigenvalue weighted by molar-refractivity contribution is 5.88. The highest BCUT2D eigenvalue weighted by atomic mass is 16.7. The van der Waals surface area contributed by atoms with Gasteiger partial charge >= 0.3 is 0 Å². The molecule has 4 rings (SSSR count). The molecule has 0 bridgehead atoms. The largest absolute Gasteiger partial charge is 0.508 e. The minimum absolute atomic E-state index is 0.0335. The summed E-state index contributed by atoms with van der Waals surface area (Å²) < 4.78 is 16.7. The Morgan fingerprint density at radius 2 is 1.71 bits per heavy atom. The second kappa shape index (κ2) is 8.08. The number of fused-ring (bicyclic) bond motifs is 1. The van der Waals surface area contributed by atoms with Gasteiger partial charge in [0.2, 0.25) is 17.5 Å². The van der Waals surface area contributed by atoms with E-state index in [1.807, 2.05) is 0 Å². The van der Waals surface area contributed by atoms with Crippen molar-refractivity contribution in [3.8, 4) is 34.3 Å². The van der Waals surface area contributed by atoms with Crippen molar-refractivity contribution in [3.63, 3.8) is 0 Å². The molecule has 6 N–H and O–H groups in total. The first-order chi connectivity index (χ1) is 14.8. The summed E-state index contributed by atoms with van der Waals surface area (Å²) in [5, 5.41) is 59.0. The van der Waals surface area contributed by atoms with E-state index in [-0.39, 0.29) is 34.8 Å². The summed E-state index contributed by atoms with van der Waals surface area (Å²) >= 11 is 0. The zero-order valence-corrected chi connectivity index (χ0v) is 16.0. The van der Waals surface area contributed by atoms with Gasteiger partial charge in [0.05, 0.1) is 19.3 Å². The molecule has 2 aromatic carbocycles. The van der Waals surface area contributed by atoms with Crippen LogP contribution in [0.2, 0.25) is 0 Å². The molecule has 0 radical (unpaired) electrons. The van der Waals surface area contributed by atoms with Gasteiger partial charge in [-0.1, -0.05) is 0 Å². The lowest BCUT2D eigenvalue weighted by molar-refractivity contribution is -0.232. The predicted octanol–water partition coefficient (Wildman–Crippen LogP) is 0.642. The van der Waals surface area contributed by atoms with Crippen molar-refractivity contribution in [3.05, 3.63) is 46.6 Å². The molecule has 3 aromatic rings. The van der Waals surface area contributed by atoms with Crippen molar-refractivity contribution >= 4 is 11.0 Å². The Hall–Kier alpha value is -3.31. The molecule has 0 spiro atoms. The zero-order valence-electron chi connectivity index (χ0n) is 16.0. The average molecular weight is 432 g/mol. The Labute approximate surface area is 174 Å². The van der Waals surface area contributed by atoms with Crippen LogP contribution in [0, 0.1) is 5.92 Å². The van der Waals surface area contributed by atoms with Gasteiger partial charge in [-0.05, 0) is 24.3 Å². The number of phenols is 3. The van der Waals surface area contributed by atoms with Crippen molar-refractivity contribution < 1.29 is 44.5 Å². The van der Waals surface area contributed by atoms with Crippen LogP contribution in [0.3, 0.4) is 0 Å². The minimum atomic E-state index is -1.58. The third kappa shape index (κ3) is 3.77. The lowest BCUT2D eigenvalue weighted by Gasteiger charge is -2.36. The van der Waals surface area contributed by atoms with Gasteiger partial charge in [-0.3, -0.25) is 4.79 Å². The first-order valence-corrected chi connectivity index (χ1v) is 9.37. The molecule has 0 aliphatic carbocycles. The van der Waals surface area contributed by atoms with Gasteiger partial charge in [0.1, 0.15) is 34.3 Å². The highest BCUT2D eigenvalue weighted by Crippen LogP contribution is 2.37. The Morgan fingerprint density at radius 1 is 1.00 bits per heavy atom. The summed E-state index contributed by atoms with van der Waals surface area (Å²) in [7, 11) is 0. The maximum absolute atomic E-state index is 13.2. The van der Waals surface area contributed by atoms with E-state index in [9.17, 15) is 35.4 Å². The van der Waals surface area contributed by atoms with Gasteiger partial charge in [-0.2, -0.15) is 0 Å². The monoisotopic (exact) mass is 432 g/mol. The molecule has 0 amide bonds. The number of hydrogen-bond acceptors (Lipinski definition) is 10. The second-order valence-electron chi connectivity index (χ2n) is 7.22. The van der Waals surface area contributed by atoms with E-state index in [0.717, 1.165) is 12.1 Å². The predicted molar refractivity (Wildman–Crippen MR) is 106 cm³/mol. The summed E-state index contributed by atoms with van der Waals surface area (Å²) in [5.41, 5.74) is -0.617. The maximum atomic E-state index is 13.2. The third-order valence-corrected chi connectivity index (χ3v) is 5.10. The summed E-state index contributed by atoms with van der Waals surface area (Å²) in [6, 6.07) is 7.71. The third-order valence-electron chi connectivity index (χ3n) is 5.10. The first-order valence-electron chi connectivity index (χ1n) is 9.37. The van der Waals surface area contributed by atoms with Crippen molar-refractivity contribution in [2.45, 2.75) is 18.5 Å². The molecule has 0 unspecified atom stereocenters. The van der Waals surface area contributed by atoms with Crippen LogP contribution in [-0.2, 0) is 4.74 Å². The fraction of sp³-hybridized carbons (Fsp3) is 0.286. The van der Waals surface area contributed by atoms with E-state index >= 15 is 0 Å². The number of benzene rings is 2. The van der Waals surface area contributed by atoms with Gasteiger partial charge in [0.15, 0.2) is 5.76 Å². The van der Waals surface area contributed by atoms with Gasteiger partial charge in [-0.15, -0.1) is 0 Å². The van der Waals surface area contributed by atoms with Gasteiger partial charge in [0, 0.05) is 23.6 Å². The van der Waals surface area contributed by atoms with Crippen LogP contribution in [0.4, 0.5) is 0 Å². The van der Waals surface area contributed by atoms with E-state index < -0.39 is 48.0 Å². The standard InChI is InChI=1S/C21H20O10/c22-7-10-8-29-21(18(28)16(10)26)31-20-17(27)15-13(25)5-12(24)6-14(15)30-19(20)9-1-3-11(23)4-2-9/h1-6,10,16,18,21-26,28H,7-8H2/t10-,16+,18+,21-/m0/s1. The van der Waals surface area contributed by atoms with Gasteiger partial charge < -0.3 is 44.5 Å². The molecule has 1 aliphatic rings. The minimum Gasteiger partial charge on any atom is -0.508 e. The van der Waals surface area contributed by atoms with Crippen LogP contribution in [0.5, 0.6) is 23.0 Å². The molecular formula is C21H20O10. The summed E-state index contributed by atoms with van der Waals surface area (Å²) in [6.45, 7) is -0.550. The van der Waals surface area contributed by atoms with Crippen LogP contribution < -0.4 is 10.2 Å². The summed E-state index contributed by atoms with van der Waals surface area (Å²) in [6.07, 6.45) is -4.41. The van der Waals surface area contributed by atoms with Crippen LogP contribution >= 0.6 is 0 Å². The van der Waals surface area contributed by atoms with E-state index in [1.165, 1.54) is 24.3 Å². The lowest BCUT2D eigenvalue weighted by Crippen LogP contribution is -2.53. The maximum Gasteiger partial charge on any atom is 0.239 e. The SMILES string of the molecule is O=c1c(O[C@@H]2OC[C@H](CO)[C@@H](O)[C@H]2O)c(-c2ccc(O)cc2)oc2cc(O)cc(O)c12. The van der Waals surface area contributed by atoms with Crippen LogP contribution in [0.1, 0.15) is 0 Å². The van der Waals surface area contributed by atoms with Crippen LogP contribution in [0.15, 0.2) is 45.6 Å². The quantitative estimate of drug-likeness (QED) is 0.344. The molecule has 31 heavy (non-hydrogen) atoms. The average Bonchev–Trinajstić information content (AvgIpc) is 2.73. The zero-order chi connectivity index (χ0) is 22.3. The highest BCUT2D eigenvalue weighted by Gasteiger charge is 2.40.